The van der Waals surface area contributed by atoms with Crippen LogP contribution in [0.25, 0.3) is 0 Å². The van der Waals surface area contributed by atoms with Gasteiger partial charge in [0.1, 0.15) is 5.69 Å². The maximum absolute atomic E-state index is 10.2. The Kier molecular flexibility index (Phi) is 4.57. The van der Waals surface area contributed by atoms with Crippen LogP contribution in [0, 0.1) is 0 Å². The van der Waals surface area contributed by atoms with Gasteiger partial charge in [-0.05, 0) is 0 Å². The Morgan fingerprint density at radius 3 is 2.50 bits per heavy atom. The van der Waals surface area contributed by atoms with Crippen molar-refractivity contribution in [2.75, 3.05) is 0 Å². The van der Waals surface area contributed by atoms with Crippen molar-refractivity contribution < 1.29 is 28.8 Å². The Labute approximate surface area is 90.1 Å². The van der Waals surface area contributed by atoms with Crippen molar-refractivity contribution in [3.8, 4) is 0 Å². The minimum Gasteiger partial charge on any atom is -0.543 e. The summed E-state index contributed by atoms with van der Waals surface area (Å²) in [5.74, 6) is -1.50. The van der Waals surface area contributed by atoms with Crippen molar-refractivity contribution in [3.63, 3.8) is 0 Å². The average Bonchev–Trinajstić information content (AvgIpc) is 1.94. The van der Waals surface area contributed by atoms with Crippen LogP contribution in [0.5, 0.6) is 0 Å². The quantitative estimate of drug-likeness (QED) is 0.456. The van der Waals surface area contributed by atoms with Crippen LogP contribution in [-0.4, -0.2) is 16.2 Å². The van der Waals surface area contributed by atoms with Crippen LogP contribution in [0.1, 0.15) is 10.5 Å². The predicted molar refractivity (Wildman–Crippen MR) is 36.4 cm³/mol. The van der Waals surface area contributed by atoms with E-state index < -0.39 is 11.7 Å². The van der Waals surface area contributed by atoms with Gasteiger partial charge in [-0.3, -0.25) is 0 Å². The van der Waals surface area contributed by atoms with Gasteiger partial charge in [-0.15, -0.1) is 5.10 Å². The minimum atomic E-state index is -1.50. The first-order chi connectivity index (χ1) is 5.13. The smallest absolute Gasteiger partial charge is 0.543 e. The van der Waals surface area contributed by atoms with Crippen LogP contribution in [0.2, 0.25) is 10.0 Å². The summed E-state index contributed by atoms with van der Waals surface area (Å²) >= 11 is 10.9. The molecule has 0 bridgehead atoms. The van der Waals surface area contributed by atoms with Gasteiger partial charge in [0.15, 0.2) is 0 Å². The summed E-state index contributed by atoms with van der Waals surface area (Å²) in [5.41, 5.74) is -0.445. The predicted octanol–water partition coefficient (Wildman–Crippen LogP) is -2.85. The number of hydrogen-bond donors (Lipinski definition) is 0. The Morgan fingerprint density at radius 1 is 1.50 bits per heavy atom. The number of carboxylic acids is 1. The summed E-state index contributed by atoms with van der Waals surface area (Å²) in [4.78, 5) is 10.2. The van der Waals surface area contributed by atoms with Crippen LogP contribution >= 0.6 is 23.2 Å². The minimum absolute atomic E-state index is 0. The number of rotatable bonds is 1. The maximum atomic E-state index is 10.2. The molecule has 0 aliphatic rings. The molecule has 12 heavy (non-hydrogen) atoms. The van der Waals surface area contributed by atoms with Crippen LogP contribution in [-0.2, 0) is 0 Å². The van der Waals surface area contributed by atoms with Crippen LogP contribution in [0.15, 0.2) is 6.20 Å². The molecule has 0 amide bonds. The SMILES string of the molecule is O=C([O-])c1nncc(Cl)c1Cl.[Li+]. The molecule has 0 radical (unpaired) electrons. The molecule has 0 saturated carbocycles. The second kappa shape index (κ2) is 4.68. The number of carbonyl (C=O) groups is 1. The van der Waals surface area contributed by atoms with Gasteiger partial charge in [0.25, 0.3) is 0 Å². The third-order valence-corrected chi connectivity index (χ3v) is 1.71. The Hall–Kier alpha value is -0.273. The standard InChI is InChI=1S/C5H2Cl2N2O2.Li/c6-2-1-8-9-4(3(2)7)5(10)11;/h1H,(H,10,11);/q;+1/p-1. The van der Waals surface area contributed by atoms with Gasteiger partial charge in [-0.25, -0.2) is 0 Å². The molecule has 0 spiro atoms. The first-order valence-electron chi connectivity index (χ1n) is 2.51. The fourth-order valence-electron chi connectivity index (χ4n) is 0.481. The largest absolute Gasteiger partial charge is 1.00 e. The van der Waals surface area contributed by atoms with Crippen molar-refractivity contribution in [2.24, 2.45) is 0 Å². The molecule has 0 unspecified atom stereocenters. The molecule has 0 atom stereocenters. The van der Waals surface area contributed by atoms with Gasteiger partial charge in [0.2, 0.25) is 0 Å². The molecular weight excluding hydrogens is 198 g/mol. The molecule has 1 heterocycles. The molecule has 1 aromatic heterocycles. The van der Waals surface area contributed by atoms with E-state index in [1.54, 1.807) is 0 Å². The fourth-order valence-corrected chi connectivity index (χ4v) is 0.778. The summed E-state index contributed by atoms with van der Waals surface area (Å²) in [6.45, 7) is 0. The molecule has 58 valence electrons. The van der Waals surface area contributed by atoms with Gasteiger partial charge < -0.3 is 9.90 Å². The molecule has 0 saturated heterocycles. The van der Waals surface area contributed by atoms with Gasteiger partial charge in [0.05, 0.1) is 22.2 Å². The summed E-state index contributed by atoms with van der Waals surface area (Å²) in [7, 11) is 0. The molecule has 0 aromatic carbocycles. The third-order valence-electron chi connectivity index (χ3n) is 0.940. The van der Waals surface area contributed by atoms with Crippen molar-refractivity contribution >= 4 is 29.2 Å². The number of aromatic nitrogens is 2. The fraction of sp³-hybridized carbons (Fsp3) is 0. The van der Waals surface area contributed by atoms with E-state index in [4.69, 9.17) is 23.2 Å². The molecular formula is C5HCl2LiN2O2. The Bertz CT molecular complexity index is 307. The molecule has 1 aromatic rings. The summed E-state index contributed by atoms with van der Waals surface area (Å²) in [6, 6.07) is 0. The average molecular weight is 199 g/mol. The van der Waals surface area contributed by atoms with E-state index in [1.165, 1.54) is 0 Å². The number of carboxylic acid groups (broad SMARTS) is 1. The van der Waals surface area contributed by atoms with Crippen LogP contribution in [0.4, 0.5) is 0 Å². The number of nitrogens with zero attached hydrogens (tertiary/aromatic N) is 2. The molecule has 4 nitrogen and oxygen atoms in total. The van der Waals surface area contributed by atoms with E-state index in [0.29, 0.717) is 0 Å². The first-order valence-corrected chi connectivity index (χ1v) is 3.26. The first kappa shape index (κ1) is 11.7. The molecule has 0 aliphatic heterocycles. The normalized spacial score (nSPS) is 8.83. The van der Waals surface area contributed by atoms with E-state index in [-0.39, 0.29) is 28.9 Å². The number of carbonyl (C=O) groups excluding carboxylic acids is 1. The van der Waals surface area contributed by atoms with Gasteiger partial charge in [-0.2, -0.15) is 5.10 Å². The van der Waals surface area contributed by atoms with E-state index in [2.05, 4.69) is 10.2 Å². The zero-order valence-electron chi connectivity index (χ0n) is 6.04. The molecule has 0 fully saturated rings. The van der Waals surface area contributed by atoms with E-state index in [0.717, 1.165) is 6.20 Å². The van der Waals surface area contributed by atoms with Crippen molar-refractivity contribution in [1.29, 1.82) is 0 Å². The van der Waals surface area contributed by atoms with Gasteiger partial charge in [0, 0.05) is 0 Å². The van der Waals surface area contributed by atoms with Gasteiger partial charge in [-0.1, -0.05) is 23.2 Å². The second-order valence-corrected chi connectivity index (χ2v) is 2.43. The number of hydrogen-bond acceptors (Lipinski definition) is 4. The monoisotopic (exact) mass is 198 g/mol. The zero-order valence-corrected chi connectivity index (χ0v) is 7.56. The summed E-state index contributed by atoms with van der Waals surface area (Å²) < 4.78 is 0. The summed E-state index contributed by atoms with van der Waals surface area (Å²) in [6.07, 6.45) is 1.15. The van der Waals surface area contributed by atoms with Crippen LogP contribution < -0.4 is 24.0 Å². The molecule has 7 heteroatoms. The Morgan fingerprint density at radius 2 is 2.08 bits per heavy atom. The molecule has 0 N–H and O–H groups in total. The van der Waals surface area contributed by atoms with E-state index in [1.807, 2.05) is 0 Å². The third kappa shape index (κ3) is 2.36. The van der Waals surface area contributed by atoms with Gasteiger partial charge >= 0.3 is 18.9 Å². The van der Waals surface area contributed by atoms with E-state index >= 15 is 0 Å². The topological polar surface area (TPSA) is 65.9 Å². The van der Waals surface area contributed by atoms with E-state index in [9.17, 15) is 9.90 Å². The molecule has 1 rings (SSSR count). The van der Waals surface area contributed by atoms with Crippen LogP contribution in [0.3, 0.4) is 0 Å². The zero-order chi connectivity index (χ0) is 8.43. The van der Waals surface area contributed by atoms with Crippen molar-refractivity contribution in [3.05, 3.63) is 21.9 Å². The molecule has 0 aliphatic carbocycles. The number of halogens is 2. The summed E-state index contributed by atoms with van der Waals surface area (Å²) in [5, 5.41) is 16.6. The van der Waals surface area contributed by atoms with Crippen molar-refractivity contribution in [1.82, 2.24) is 10.2 Å². The maximum Gasteiger partial charge on any atom is 1.00 e. The van der Waals surface area contributed by atoms with Crippen molar-refractivity contribution in [2.45, 2.75) is 0 Å². The Balaban J connectivity index is 0.00000121. The second-order valence-electron chi connectivity index (χ2n) is 1.64. The number of aromatic carboxylic acids is 1.